The lowest BCUT2D eigenvalue weighted by Gasteiger charge is -2.41. The van der Waals surface area contributed by atoms with Gasteiger partial charge in [-0.25, -0.2) is 4.79 Å². The number of aryl methyl sites for hydroxylation is 1. The van der Waals surface area contributed by atoms with Gasteiger partial charge in [0.05, 0.1) is 11.9 Å². The van der Waals surface area contributed by atoms with Crippen LogP contribution in [-0.4, -0.2) is 57.8 Å². The highest BCUT2D eigenvalue weighted by atomic mass is 16.2. The predicted molar refractivity (Wildman–Crippen MR) is 86.8 cm³/mol. The van der Waals surface area contributed by atoms with Crippen LogP contribution in [0.1, 0.15) is 32.6 Å². The molecule has 0 atom stereocenters. The van der Waals surface area contributed by atoms with Gasteiger partial charge in [0, 0.05) is 45.5 Å². The Balaban J connectivity index is 1.46. The number of urea groups is 1. The topological polar surface area (TPSA) is 53.4 Å². The third kappa shape index (κ3) is 3.61. The van der Waals surface area contributed by atoms with Crippen LogP contribution in [0.2, 0.25) is 0 Å². The maximum absolute atomic E-state index is 12.3. The molecule has 1 saturated heterocycles. The summed E-state index contributed by atoms with van der Waals surface area (Å²) < 4.78 is 1.69. The lowest BCUT2D eigenvalue weighted by atomic mass is 9.86. The number of nitrogens with one attached hydrogen (secondary N) is 1. The molecule has 0 aromatic carbocycles. The normalized spacial score (nSPS) is 26.9. The zero-order chi connectivity index (χ0) is 15.5. The molecule has 1 aromatic rings. The monoisotopic (exact) mass is 305 g/mol. The largest absolute Gasteiger partial charge is 0.322 e. The van der Waals surface area contributed by atoms with Crippen LogP contribution < -0.4 is 5.32 Å². The number of hydrogen-bond donors (Lipinski definition) is 1. The fourth-order valence-electron chi connectivity index (χ4n) is 3.59. The third-order valence-electron chi connectivity index (χ3n) is 5.06. The number of nitrogens with zero attached hydrogens (tertiary/aromatic N) is 4. The Kier molecular flexibility index (Phi) is 4.66. The quantitative estimate of drug-likeness (QED) is 0.911. The van der Waals surface area contributed by atoms with Crippen molar-refractivity contribution >= 4 is 11.7 Å². The molecule has 6 heteroatoms. The number of hydrogen-bond acceptors (Lipinski definition) is 3. The summed E-state index contributed by atoms with van der Waals surface area (Å²) in [7, 11) is 1.85. The second-order valence-corrected chi connectivity index (χ2v) is 6.77. The van der Waals surface area contributed by atoms with Gasteiger partial charge >= 0.3 is 6.03 Å². The highest BCUT2D eigenvalue weighted by molar-refractivity contribution is 5.89. The molecule has 1 aliphatic heterocycles. The van der Waals surface area contributed by atoms with Gasteiger partial charge in [-0.05, 0) is 31.6 Å². The highest BCUT2D eigenvalue weighted by Gasteiger charge is 2.28. The molecule has 0 bridgehead atoms. The van der Waals surface area contributed by atoms with Gasteiger partial charge in [0.2, 0.25) is 0 Å². The van der Waals surface area contributed by atoms with Crippen molar-refractivity contribution in [2.75, 3.05) is 31.5 Å². The summed E-state index contributed by atoms with van der Waals surface area (Å²) in [6.45, 7) is 5.99. The summed E-state index contributed by atoms with van der Waals surface area (Å²) in [5.41, 5.74) is 0.760. The van der Waals surface area contributed by atoms with E-state index in [1.807, 2.05) is 18.1 Å². The van der Waals surface area contributed by atoms with Crippen LogP contribution in [0, 0.1) is 5.92 Å². The fraction of sp³-hybridized carbons (Fsp3) is 0.750. The Morgan fingerprint density at radius 1 is 1.18 bits per heavy atom. The zero-order valence-electron chi connectivity index (χ0n) is 13.7. The maximum Gasteiger partial charge on any atom is 0.322 e. The summed E-state index contributed by atoms with van der Waals surface area (Å²) in [5, 5.41) is 6.99. The number of anilines is 1. The van der Waals surface area contributed by atoms with Gasteiger partial charge in [-0.3, -0.25) is 9.58 Å². The van der Waals surface area contributed by atoms with Crippen molar-refractivity contribution in [2.45, 2.75) is 38.6 Å². The molecule has 6 nitrogen and oxygen atoms in total. The molecule has 122 valence electrons. The minimum Gasteiger partial charge on any atom is -0.322 e. The summed E-state index contributed by atoms with van der Waals surface area (Å²) in [5.74, 6) is 0.891. The van der Waals surface area contributed by atoms with E-state index in [1.54, 1.807) is 10.9 Å². The fourth-order valence-corrected chi connectivity index (χ4v) is 3.59. The molecule has 22 heavy (non-hydrogen) atoms. The first-order chi connectivity index (χ1) is 10.6. The third-order valence-corrected chi connectivity index (χ3v) is 5.06. The van der Waals surface area contributed by atoms with Gasteiger partial charge in [0.25, 0.3) is 0 Å². The van der Waals surface area contributed by atoms with Gasteiger partial charge in [-0.15, -0.1) is 0 Å². The van der Waals surface area contributed by atoms with Crippen molar-refractivity contribution in [1.29, 1.82) is 0 Å². The number of piperazine rings is 1. The van der Waals surface area contributed by atoms with Crippen LogP contribution in [0.15, 0.2) is 12.4 Å². The van der Waals surface area contributed by atoms with E-state index in [0.29, 0.717) is 0 Å². The average Bonchev–Trinajstić information content (AvgIpc) is 2.93. The van der Waals surface area contributed by atoms with Crippen molar-refractivity contribution in [3.8, 4) is 0 Å². The molecule has 1 aliphatic carbocycles. The standard InChI is InChI=1S/C16H27N5O/c1-13-3-5-15(6-4-13)20-7-9-21(10-8-20)16(22)18-14-11-17-19(2)12-14/h11-13,15H,3-10H2,1-2H3,(H,18,22). The Bertz CT molecular complexity index is 498. The summed E-state index contributed by atoms with van der Waals surface area (Å²) in [6.07, 6.45) is 8.85. The SMILES string of the molecule is CC1CCC(N2CCN(C(=O)Nc3cnn(C)c3)CC2)CC1. The first kappa shape index (κ1) is 15.3. The van der Waals surface area contributed by atoms with E-state index in [0.717, 1.165) is 43.8 Å². The average molecular weight is 305 g/mol. The molecule has 0 unspecified atom stereocenters. The van der Waals surface area contributed by atoms with Crippen molar-refractivity contribution in [3.05, 3.63) is 12.4 Å². The number of aromatic nitrogens is 2. The molecule has 0 spiro atoms. The smallest absolute Gasteiger partial charge is 0.322 e. The summed E-state index contributed by atoms with van der Waals surface area (Å²) in [6, 6.07) is 0.727. The van der Waals surface area contributed by atoms with Gasteiger partial charge in [-0.2, -0.15) is 5.10 Å². The second kappa shape index (κ2) is 6.69. The van der Waals surface area contributed by atoms with E-state index < -0.39 is 0 Å². The van der Waals surface area contributed by atoms with E-state index in [9.17, 15) is 4.79 Å². The molecule has 2 heterocycles. The molecular formula is C16H27N5O. The first-order valence-electron chi connectivity index (χ1n) is 8.40. The molecule has 1 aromatic heterocycles. The first-order valence-corrected chi connectivity index (χ1v) is 8.40. The predicted octanol–water partition coefficient (Wildman–Crippen LogP) is 2.15. The molecule has 2 amide bonds. The zero-order valence-corrected chi connectivity index (χ0v) is 13.7. The number of carbonyl (C=O) groups excluding carboxylic acids is 1. The van der Waals surface area contributed by atoms with Crippen LogP contribution in [0.25, 0.3) is 0 Å². The van der Waals surface area contributed by atoms with Gasteiger partial charge in [0.15, 0.2) is 0 Å². The Morgan fingerprint density at radius 3 is 2.45 bits per heavy atom. The molecular weight excluding hydrogens is 278 g/mol. The van der Waals surface area contributed by atoms with Gasteiger partial charge in [-0.1, -0.05) is 6.92 Å². The molecule has 1 saturated carbocycles. The van der Waals surface area contributed by atoms with Crippen molar-refractivity contribution in [1.82, 2.24) is 19.6 Å². The molecule has 3 rings (SSSR count). The lowest BCUT2D eigenvalue weighted by Crippen LogP contribution is -2.53. The van der Waals surface area contributed by atoms with E-state index in [4.69, 9.17) is 0 Å². The molecule has 0 radical (unpaired) electrons. The summed E-state index contributed by atoms with van der Waals surface area (Å²) >= 11 is 0. The van der Waals surface area contributed by atoms with E-state index >= 15 is 0 Å². The van der Waals surface area contributed by atoms with E-state index in [-0.39, 0.29) is 6.03 Å². The minimum atomic E-state index is -0.00934. The Labute approximate surface area is 132 Å². The lowest BCUT2D eigenvalue weighted by molar-refractivity contribution is 0.0864. The Hall–Kier alpha value is -1.56. The van der Waals surface area contributed by atoms with Crippen molar-refractivity contribution in [2.24, 2.45) is 13.0 Å². The van der Waals surface area contributed by atoms with Gasteiger partial charge in [0.1, 0.15) is 0 Å². The molecule has 2 fully saturated rings. The van der Waals surface area contributed by atoms with E-state index in [2.05, 4.69) is 22.2 Å². The second-order valence-electron chi connectivity index (χ2n) is 6.77. The van der Waals surface area contributed by atoms with Crippen LogP contribution >= 0.6 is 0 Å². The number of carbonyl (C=O) groups is 1. The maximum atomic E-state index is 12.3. The van der Waals surface area contributed by atoms with Gasteiger partial charge < -0.3 is 10.2 Å². The minimum absolute atomic E-state index is 0.00934. The Morgan fingerprint density at radius 2 is 1.86 bits per heavy atom. The van der Waals surface area contributed by atoms with Crippen molar-refractivity contribution < 1.29 is 4.79 Å². The van der Waals surface area contributed by atoms with Crippen LogP contribution in [-0.2, 0) is 7.05 Å². The number of rotatable bonds is 2. The van der Waals surface area contributed by atoms with Crippen LogP contribution in [0.5, 0.6) is 0 Å². The summed E-state index contributed by atoms with van der Waals surface area (Å²) in [4.78, 5) is 16.8. The van der Waals surface area contributed by atoms with Crippen LogP contribution in [0.4, 0.5) is 10.5 Å². The van der Waals surface area contributed by atoms with Crippen molar-refractivity contribution in [3.63, 3.8) is 0 Å². The molecule has 1 N–H and O–H groups in total. The highest BCUT2D eigenvalue weighted by Crippen LogP contribution is 2.27. The molecule has 2 aliphatic rings. The van der Waals surface area contributed by atoms with E-state index in [1.165, 1.54) is 25.7 Å². The van der Waals surface area contributed by atoms with Crippen LogP contribution in [0.3, 0.4) is 0 Å². The number of amides is 2.